The Balaban J connectivity index is 2.46. The first kappa shape index (κ1) is 8.30. The van der Waals surface area contributed by atoms with E-state index in [2.05, 4.69) is 0 Å². The molecule has 1 amide bonds. The van der Waals surface area contributed by atoms with Gasteiger partial charge in [-0.05, 0) is 24.5 Å². The Morgan fingerprint density at radius 1 is 1.31 bits per heavy atom. The maximum absolute atomic E-state index is 11.8. The lowest BCUT2D eigenvalue weighted by Crippen LogP contribution is -2.26. The minimum absolute atomic E-state index is 0.160. The number of hydrogen-bond acceptors (Lipinski definition) is 1. The summed E-state index contributed by atoms with van der Waals surface area (Å²) in [5, 5.41) is 0. The summed E-state index contributed by atoms with van der Waals surface area (Å²) in [4.78, 5) is 13.6. The summed E-state index contributed by atoms with van der Waals surface area (Å²) in [5.74, 6) is 0.160. The molecule has 1 heterocycles. The molecule has 2 heteroatoms. The Bertz CT molecular complexity index is 333. The van der Waals surface area contributed by atoms with Gasteiger partial charge in [-0.3, -0.25) is 4.79 Å². The van der Waals surface area contributed by atoms with E-state index in [9.17, 15) is 4.79 Å². The van der Waals surface area contributed by atoms with Gasteiger partial charge in [-0.1, -0.05) is 18.2 Å². The van der Waals surface area contributed by atoms with E-state index in [0.29, 0.717) is 0 Å². The van der Waals surface area contributed by atoms with Crippen molar-refractivity contribution in [3.8, 4) is 0 Å². The van der Waals surface area contributed by atoms with Crippen LogP contribution in [0.5, 0.6) is 0 Å². The highest BCUT2D eigenvalue weighted by Crippen LogP contribution is 2.16. The van der Waals surface area contributed by atoms with Gasteiger partial charge >= 0.3 is 0 Å². The summed E-state index contributed by atoms with van der Waals surface area (Å²) < 4.78 is 0. The van der Waals surface area contributed by atoms with E-state index in [-0.39, 0.29) is 5.91 Å². The normalized spacial score (nSPS) is 16.7. The summed E-state index contributed by atoms with van der Waals surface area (Å²) in [6.07, 6.45) is 2.09. The largest absolute Gasteiger partial charge is 0.342 e. The molecular weight excluding hydrogens is 162 g/mol. The summed E-state index contributed by atoms with van der Waals surface area (Å²) in [6.45, 7) is 0.869. The first-order chi connectivity index (χ1) is 6.29. The molecule has 0 aromatic heterocycles. The summed E-state index contributed by atoms with van der Waals surface area (Å²) in [5.41, 5.74) is 2.07. The van der Waals surface area contributed by atoms with Gasteiger partial charge in [0.2, 0.25) is 0 Å². The fourth-order valence-electron chi connectivity index (χ4n) is 1.76. The molecule has 1 aromatic rings. The van der Waals surface area contributed by atoms with Crippen LogP contribution in [0.1, 0.15) is 22.3 Å². The minimum Gasteiger partial charge on any atom is -0.342 e. The van der Waals surface area contributed by atoms with E-state index in [1.54, 1.807) is 4.90 Å². The molecule has 68 valence electrons. The molecule has 1 aliphatic heterocycles. The molecule has 2 nitrogen and oxygen atoms in total. The third-order valence-corrected chi connectivity index (χ3v) is 2.53. The number of rotatable bonds is 0. The molecular formula is C11H13NO. The maximum atomic E-state index is 11.8. The van der Waals surface area contributed by atoms with Crippen LogP contribution in [-0.2, 0) is 6.42 Å². The lowest BCUT2D eigenvalue weighted by Gasteiger charge is -2.13. The van der Waals surface area contributed by atoms with E-state index >= 15 is 0 Å². The zero-order valence-electron chi connectivity index (χ0n) is 7.79. The Morgan fingerprint density at radius 3 is 2.92 bits per heavy atom. The van der Waals surface area contributed by atoms with Crippen LogP contribution in [0.25, 0.3) is 0 Å². The van der Waals surface area contributed by atoms with Crippen molar-refractivity contribution in [3.05, 3.63) is 35.4 Å². The topological polar surface area (TPSA) is 20.3 Å². The molecule has 0 unspecified atom stereocenters. The smallest absolute Gasteiger partial charge is 0.253 e. The van der Waals surface area contributed by atoms with E-state index in [0.717, 1.165) is 24.9 Å². The summed E-state index contributed by atoms with van der Waals surface area (Å²) >= 11 is 0. The molecule has 1 aliphatic rings. The van der Waals surface area contributed by atoms with Crippen LogP contribution in [-0.4, -0.2) is 24.4 Å². The van der Waals surface area contributed by atoms with E-state index < -0.39 is 0 Å². The molecule has 0 atom stereocenters. The lowest BCUT2D eigenvalue weighted by atomic mass is 10.0. The number of nitrogens with zero attached hydrogens (tertiary/aromatic N) is 1. The zero-order chi connectivity index (χ0) is 9.26. The predicted molar refractivity (Wildman–Crippen MR) is 51.7 cm³/mol. The molecule has 0 bridgehead atoms. The lowest BCUT2D eigenvalue weighted by molar-refractivity contribution is 0.0800. The highest BCUT2D eigenvalue weighted by atomic mass is 16.2. The first-order valence-electron chi connectivity index (χ1n) is 4.62. The standard InChI is InChI=1S/C11H13NO/c1-12-8-4-6-9-5-2-3-7-10(9)11(12)13/h2-3,5,7H,4,6,8H2,1H3. The van der Waals surface area contributed by atoms with Gasteiger partial charge in [-0.25, -0.2) is 0 Å². The van der Waals surface area contributed by atoms with Crippen LogP contribution in [0.15, 0.2) is 24.3 Å². The summed E-state index contributed by atoms with van der Waals surface area (Å²) in [7, 11) is 1.87. The number of hydrogen-bond donors (Lipinski definition) is 0. The Morgan fingerprint density at radius 2 is 2.08 bits per heavy atom. The van der Waals surface area contributed by atoms with Gasteiger partial charge < -0.3 is 4.90 Å². The molecule has 1 aromatic carbocycles. The summed E-state index contributed by atoms with van der Waals surface area (Å²) in [6, 6.07) is 7.89. The van der Waals surface area contributed by atoms with Crippen molar-refractivity contribution >= 4 is 5.91 Å². The van der Waals surface area contributed by atoms with Gasteiger partial charge in [-0.2, -0.15) is 0 Å². The number of carbonyl (C=O) groups excluding carboxylic acids is 1. The van der Waals surface area contributed by atoms with Crippen LogP contribution in [0.2, 0.25) is 0 Å². The van der Waals surface area contributed by atoms with Crippen molar-refractivity contribution in [1.29, 1.82) is 0 Å². The second-order valence-corrected chi connectivity index (χ2v) is 3.49. The van der Waals surface area contributed by atoms with Gasteiger partial charge in [0.15, 0.2) is 0 Å². The SMILES string of the molecule is CN1CCCc2ccccc2C1=O. The van der Waals surface area contributed by atoms with E-state index in [4.69, 9.17) is 0 Å². The van der Waals surface area contributed by atoms with Crippen molar-refractivity contribution in [3.63, 3.8) is 0 Å². The third kappa shape index (κ3) is 1.44. The fourth-order valence-corrected chi connectivity index (χ4v) is 1.76. The minimum atomic E-state index is 0.160. The Labute approximate surface area is 78.2 Å². The van der Waals surface area contributed by atoms with Crippen molar-refractivity contribution in [1.82, 2.24) is 4.90 Å². The van der Waals surface area contributed by atoms with Crippen molar-refractivity contribution in [2.75, 3.05) is 13.6 Å². The second kappa shape index (κ2) is 3.21. The van der Waals surface area contributed by atoms with Gasteiger partial charge in [-0.15, -0.1) is 0 Å². The van der Waals surface area contributed by atoms with Gasteiger partial charge in [0.25, 0.3) is 5.91 Å². The molecule has 0 saturated heterocycles. The number of benzene rings is 1. The van der Waals surface area contributed by atoms with Crippen molar-refractivity contribution < 1.29 is 4.79 Å². The fraction of sp³-hybridized carbons (Fsp3) is 0.364. The number of fused-ring (bicyclic) bond motifs is 1. The number of aryl methyl sites for hydroxylation is 1. The molecule has 0 spiro atoms. The molecule has 0 aliphatic carbocycles. The zero-order valence-corrected chi connectivity index (χ0v) is 7.79. The maximum Gasteiger partial charge on any atom is 0.253 e. The monoisotopic (exact) mass is 175 g/mol. The molecule has 0 fully saturated rings. The average molecular weight is 175 g/mol. The van der Waals surface area contributed by atoms with E-state index in [1.807, 2.05) is 31.3 Å². The van der Waals surface area contributed by atoms with Crippen molar-refractivity contribution in [2.45, 2.75) is 12.8 Å². The molecule has 2 rings (SSSR count). The highest BCUT2D eigenvalue weighted by Gasteiger charge is 2.18. The van der Waals surface area contributed by atoms with Crippen molar-refractivity contribution in [2.24, 2.45) is 0 Å². The quantitative estimate of drug-likeness (QED) is 0.587. The van der Waals surface area contributed by atoms with Gasteiger partial charge in [0.1, 0.15) is 0 Å². The van der Waals surface area contributed by atoms with Crippen LogP contribution in [0.4, 0.5) is 0 Å². The molecule has 0 N–H and O–H groups in total. The van der Waals surface area contributed by atoms with Crippen LogP contribution < -0.4 is 0 Å². The van der Waals surface area contributed by atoms with Crippen LogP contribution in [0, 0.1) is 0 Å². The van der Waals surface area contributed by atoms with Gasteiger partial charge in [0, 0.05) is 19.2 Å². The molecule has 0 saturated carbocycles. The van der Waals surface area contributed by atoms with Crippen LogP contribution >= 0.6 is 0 Å². The van der Waals surface area contributed by atoms with Gasteiger partial charge in [0.05, 0.1) is 0 Å². The second-order valence-electron chi connectivity index (χ2n) is 3.49. The molecule has 0 radical (unpaired) electrons. The number of amides is 1. The highest BCUT2D eigenvalue weighted by molar-refractivity contribution is 5.95. The number of carbonyl (C=O) groups is 1. The third-order valence-electron chi connectivity index (χ3n) is 2.53. The first-order valence-corrected chi connectivity index (χ1v) is 4.62. The average Bonchev–Trinajstić information content (AvgIpc) is 2.29. The predicted octanol–water partition coefficient (Wildman–Crippen LogP) is 1.70. The van der Waals surface area contributed by atoms with E-state index in [1.165, 1.54) is 5.56 Å². The van der Waals surface area contributed by atoms with Crippen LogP contribution in [0.3, 0.4) is 0 Å². The molecule has 13 heavy (non-hydrogen) atoms. The Hall–Kier alpha value is -1.31. The Kier molecular flexibility index (Phi) is 2.05.